The summed E-state index contributed by atoms with van der Waals surface area (Å²) in [5.41, 5.74) is 7.73. The number of nitrogens with two attached hydrogens (primary N) is 1. The van der Waals surface area contributed by atoms with Gasteiger partial charge >= 0.3 is 0 Å². The van der Waals surface area contributed by atoms with Crippen LogP contribution in [0.3, 0.4) is 0 Å². The second kappa shape index (κ2) is 5.50. The molecule has 1 saturated carbocycles. The van der Waals surface area contributed by atoms with Gasteiger partial charge in [0.15, 0.2) is 0 Å². The molecular weight excluding hydrogens is 210 g/mol. The monoisotopic (exact) mass is 233 g/mol. The van der Waals surface area contributed by atoms with Crippen LogP contribution < -0.4 is 10.6 Å². The third-order valence-corrected chi connectivity index (χ3v) is 3.99. The molecule has 94 valence electrons. The first-order chi connectivity index (χ1) is 8.22. The second-order valence-corrected chi connectivity index (χ2v) is 5.15. The highest BCUT2D eigenvalue weighted by Crippen LogP contribution is 2.30. The van der Waals surface area contributed by atoms with E-state index in [0.29, 0.717) is 12.6 Å². The van der Waals surface area contributed by atoms with Crippen LogP contribution in [0.5, 0.6) is 0 Å². The van der Waals surface area contributed by atoms with E-state index in [2.05, 4.69) is 29.9 Å². The molecule has 0 amide bonds. The van der Waals surface area contributed by atoms with E-state index in [1.54, 1.807) is 0 Å². The summed E-state index contributed by atoms with van der Waals surface area (Å²) in [5, 5.41) is 0. The number of nitrogens with zero attached hydrogens (tertiary/aromatic N) is 2. The maximum absolute atomic E-state index is 5.56. The molecule has 1 aliphatic rings. The van der Waals surface area contributed by atoms with Gasteiger partial charge in [-0.15, -0.1) is 0 Å². The molecule has 1 aromatic rings. The highest BCUT2D eigenvalue weighted by molar-refractivity contribution is 5.45. The third kappa shape index (κ3) is 2.78. The van der Waals surface area contributed by atoms with Crippen molar-refractivity contribution in [2.45, 2.75) is 45.2 Å². The van der Waals surface area contributed by atoms with Gasteiger partial charge in [0, 0.05) is 19.6 Å². The molecule has 0 aromatic carbocycles. The van der Waals surface area contributed by atoms with Gasteiger partial charge in [0.2, 0.25) is 0 Å². The van der Waals surface area contributed by atoms with Crippen LogP contribution in [0.2, 0.25) is 0 Å². The lowest BCUT2D eigenvalue weighted by atomic mass is 9.85. The summed E-state index contributed by atoms with van der Waals surface area (Å²) in [7, 11) is 2.19. The van der Waals surface area contributed by atoms with Crippen molar-refractivity contribution in [1.82, 2.24) is 4.98 Å². The highest BCUT2D eigenvalue weighted by atomic mass is 15.1. The van der Waals surface area contributed by atoms with Gasteiger partial charge in [-0.2, -0.15) is 0 Å². The minimum absolute atomic E-state index is 0.518. The molecule has 3 heteroatoms. The number of hydrogen-bond donors (Lipinski definition) is 1. The smallest absolute Gasteiger partial charge is 0.0552 e. The van der Waals surface area contributed by atoms with E-state index in [1.165, 1.54) is 31.4 Å². The maximum atomic E-state index is 5.56. The molecule has 0 saturated heterocycles. The predicted molar refractivity (Wildman–Crippen MR) is 72.0 cm³/mol. The Balaban J connectivity index is 2.09. The van der Waals surface area contributed by atoms with E-state index in [0.717, 1.165) is 11.6 Å². The quantitative estimate of drug-likeness (QED) is 0.872. The zero-order valence-corrected chi connectivity index (χ0v) is 10.9. The molecule has 1 aliphatic carbocycles. The minimum Gasteiger partial charge on any atom is -0.370 e. The first kappa shape index (κ1) is 12.4. The molecule has 1 fully saturated rings. The van der Waals surface area contributed by atoms with Crippen molar-refractivity contribution in [3.63, 3.8) is 0 Å². The molecule has 1 aromatic heterocycles. The summed E-state index contributed by atoms with van der Waals surface area (Å²) in [6, 6.07) is 4.82. The van der Waals surface area contributed by atoms with E-state index in [9.17, 15) is 0 Å². The number of pyridine rings is 1. The van der Waals surface area contributed by atoms with Crippen LogP contribution >= 0.6 is 0 Å². The molecule has 0 bridgehead atoms. The van der Waals surface area contributed by atoms with Crippen molar-refractivity contribution in [3.8, 4) is 0 Å². The maximum Gasteiger partial charge on any atom is 0.0552 e. The molecule has 1 heterocycles. The Morgan fingerprint density at radius 2 is 2.12 bits per heavy atom. The molecule has 2 N–H and O–H groups in total. The fourth-order valence-electron chi connectivity index (χ4n) is 2.81. The van der Waals surface area contributed by atoms with Gasteiger partial charge in [-0.05, 0) is 30.9 Å². The molecule has 3 nitrogen and oxygen atoms in total. The van der Waals surface area contributed by atoms with Crippen LogP contribution in [0, 0.1) is 5.92 Å². The van der Waals surface area contributed by atoms with Crippen LogP contribution in [0.1, 0.15) is 38.3 Å². The van der Waals surface area contributed by atoms with Gasteiger partial charge in [0.05, 0.1) is 17.6 Å². The topological polar surface area (TPSA) is 42.1 Å². The van der Waals surface area contributed by atoms with Crippen molar-refractivity contribution in [3.05, 3.63) is 24.0 Å². The lowest BCUT2D eigenvalue weighted by Gasteiger charge is -2.37. The van der Waals surface area contributed by atoms with Gasteiger partial charge < -0.3 is 10.6 Å². The zero-order chi connectivity index (χ0) is 12.3. The Morgan fingerprint density at radius 1 is 1.35 bits per heavy atom. The Morgan fingerprint density at radius 3 is 2.71 bits per heavy atom. The zero-order valence-electron chi connectivity index (χ0n) is 10.9. The Labute approximate surface area is 104 Å². The molecule has 2 atom stereocenters. The highest BCUT2D eigenvalue weighted by Gasteiger charge is 2.25. The van der Waals surface area contributed by atoms with E-state index in [4.69, 9.17) is 5.73 Å². The van der Waals surface area contributed by atoms with Crippen molar-refractivity contribution < 1.29 is 0 Å². The molecule has 0 spiro atoms. The summed E-state index contributed by atoms with van der Waals surface area (Å²) in [5.74, 6) is 0.780. The van der Waals surface area contributed by atoms with Gasteiger partial charge in [-0.1, -0.05) is 19.8 Å². The van der Waals surface area contributed by atoms with Crippen molar-refractivity contribution >= 4 is 5.69 Å². The summed E-state index contributed by atoms with van der Waals surface area (Å²) in [4.78, 5) is 6.76. The van der Waals surface area contributed by atoms with Gasteiger partial charge in [0.1, 0.15) is 0 Å². The standard InChI is InChI=1S/C14H23N3/c1-11-5-3-4-6-14(11)17(2)13-8-7-12(9-15)16-10-13/h7-8,10-11,14H,3-6,9,15H2,1-2H3. The van der Waals surface area contributed by atoms with E-state index in [1.807, 2.05) is 12.3 Å². The summed E-state index contributed by atoms with van der Waals surface area (Å²) >= 11 is 0. The van der Waals surface area contributed by atoms with Gasteiger partial charge in [-0.3, -0.25) is 4.98 Å². The second-order valence-electron chi connectivity index (χ2n) is 5.15. The average molecular weight is 233 g/mol. The number of aromatic nitrogens is 1. The van der Waals surface area contributed by atoms with Crippen LogP contribution in [0.4, 0.5) is 5.69 Å². The van der Waals surface area contributed by atoms with Crippen LogP contribution in [0.25, 0.3) is 0 Å². The number of anilines is 1. The Hall–Kier alpha value is -1.09. The van der Waals surface area contributed by atoms with E-state index in [-0.39, 0.29) is 0 Å². The molecule has 0 radical (unpaired) electrons. The molecular formula is C14H23N3. The third-order valence-electron chi connectivity index (χ3n) is 3.99. The summed E-state index contributed by atoms with van der Waals surface area (Å²) in [6.45, 7) is 2.88. The van der Waals surface area contributed by atoms with E-state index >= 15 is 0 Å². The lowest BCUT2D eigenvalue weighted by molar-refractivity contribution is 0.321. The first-order valence-electron chi connectivity index (χ1n) is 6.60. The van der Waals surface area contributed by atoms with E-state index < -0.39 is 0 Å². The minimum atomic E-state index is 0.518. The summed E-state index contributed by atoms with van der Waals surface area (Å²) < 4.78 is 0. The molecule has 2 unspecified atom stereocenters. The Bertz CT molecular complexity index is 347. The fraction of sp³-hybridized carbons (Fsp3) is 0.643. The van der Waals surface area contributed by atoms with Crippen LogP contribution in [0.15, 0.2) is 18.3 Å². The SMILES string of the molecule is CC1CCCCC1N(C)c1ccc(CN)nc1. The van der Waals surface area contributed by atoms with Crippen molar-refractivity contribution in [1.29, 1.82) is 0 Å². The van der Waals surface area contributed by atoms with Gasteiger partial charge in [-0.25, -0.2) is 0 Å². The number of hydrogen-bond acceptors (Lipinski definition) is 3. The summed E-state index contributed by atoms with van der Waals surface area (Å²) in [6.07, 6.45) is 7.34. The first-order valence-corrected chi connectivity index (χ1v) is 6.60. The Kier molecular flexibility index (Phi) is 4.00. The van der Waals surface area contributed by atoms with Crippen molar-refractivity contribution in [2.24, 2.45) is 11.7 Å². The van der Waals surface area contributed by atoms with Crippen molar-refractivity contribution in [2.75, 3.05) is 11.9 Å². The van der Waals surface area contributed by atoms with Crippen LogP contribution in [-0.2, 0) is 6.54 Å². The number of rotatable bonds is 3. The average Bonchev–Trinajstić information content (AvgIpc) is 2.39. The van der Waals surface area contributed by atoms with Crippen LogP contribution in [-0.4, -0.2) is 18.1 Å². The normalized spacial score (nSPS) is 24.6. The molecule has 2 rings (SSSR count). The van der Waals surface area contributed by atoms with Gasteiger partial charge in [0.25, 0.3) is 0 Å². The lowest BCUT2D eigenvalue weighted by Crippen LogP contribution is -2.39. The molecule has 0 aliphatic heterocycles. The predicted octanol–water partition coefficient (Wildman–Crippen LogP) is 2.56. The fourth-order valence-corrected chi connectivity index (χ4v) is 2.81. The molecule has 17 heavy (non-hydrogen) atoms. The largest absolute Gasteiger partial charge is 0.370 e.